The second kappa shape index (κ2) is 4.50. The van der Waals surface area contributed by atoms with E-state index in [2.05, 4.69) is 20.5 Å². The first-order chi connectivity index (χ1) is 8.15. The van der Waals surface area contributed by atoms with Crippen LogP contribution in [0.25, 0.3) is 5.82 Å². The molecule has 0 amide bonds. The third kappa shape index (κ3) is 2.12. The lowest BCUT2D eigenvalue weighted by Gasteiger charge is -2.11. The van der Waals surface area contributed by atoms with Crippen LogP contribution in [0.2, 0.25) is 0 Å². The minimum absolute atomic E-state index is 0.639. The third-order valence-corrected chi connectivity index (χ3v) is 2.56. The van der Waals surface area contributed by atoms with E-state index in [1.54, 1.807) is 4.68 Å². The van der Waals surface area contributed by atoms with E-state index < -0.39 is 0 Å². The van der Waals surface area contributed by atoms with Crippen molar-refractivity contribution in [2.24, 2.45) is 5.84 Å². The molecule has 3 N–H and O–H groups in total. The summed E-state index contributed by atoms with van der Waals surface area (Å²) in [5.41, 5.74) is 4.42. The molecule has 90 valence electrons. The van der Waals surface area contributed by atoms with Gasteiger partial charge >= 0.3 is 0 Å². The Balaban J connectivity index is 2.59. The highest BCUT2D eigenvalue weighted by atomic mass is 15.3. The maximum absolute atomic E-state index is 5.46. The maximum Gasteiger partial charge on any atom is 0.162 e. The number of hydrogen-bond acceptors (Lipinski definition) is 5. The number of nitrogen functional groups attached to an aromatic ring is 1. The molecule has 0 spiro atoms. The Kier molecular flexibility index (Phi) is 3.06. The fourth-order valence-corrected chi connectivity index (χ4v) is 1.60. The molecule has 2 heterocycles. The summed E-state index contributed by atoms with van der Waals surface area (Å²) in [5.74, 6) is 7.60. The van der Waals surface area contributed by atoms with Crippen LogP contribution < -0.4 is 11.3 Å². The lowest BCUT2D eigenvalue weighted by atomic mass is 10.3. The highest BCUT2D eigenvalue weighted by Crippen LogP contribution is 2.18. The van der Waals surface area contributed by atoms with E-state index >= 15 is 0 Å². The molecule has 0 saturated heterocycles. The molecule has 0 atom stereocenters. The Morgan fingerprint density at radius 3 is 2.65 bits per heavy atom. The molecule has 2 aromatic heterocycles. The molecule has 6 heteroatoms. The van der Waals surface area contributed by atoms with Gasteiger partial charge < -0.3 is 5.43 Å². The molecule has 0 aromatic carbocycles. The maximum atomic E-state index is 5.46. The fourth-order valence-electron chi connectivity index (χ4n) is 1.60. The summed E-state index contributed by atoms with van der Waals surface area (Å²) in [7, 11) is 0. The van der Waals surface area contributed by atoms with Crippen LogP contribution in [0.4, 0.5) is 5.82 Å². The van der Waals surface area contributed by atoms with Crippen LogP contribution in [0.15, 0.2) is 12.3 Å². The van der Waals surface area contributed by atoms with Crippen LogP contribution in [0, 0.1) is 13.8 Å². The first-order valence-corrected chi connectivity index (χ1v) is 5.52. The number of aromatic nitrogens is 4. The number of aryl methyl sites for hydroxylation is 2. The summed E-state index contributed by atoms with van der Waals surface area (Å²) < 4.78 is 1.74. The summed E-state index contributed by atoms with van der Waals surface area (Å²) in [5, 5.41) is 4.35. The number of rotatable bonds is 3. The first-order valence-electron chi connectivity index (χ1n) is 5.52. The van der Waals surface area contributed by atoms with Crippen molar-refractivity contribution in [1.29, 1.82) is 0 Å². The monoisotopic (exact) mass is 232 g/mol. The molecule has 2 aromatic rings. The fraction of sp³-hybridized carbons (Fsp3) is 0.364. The summed E-state index contributed by atoms with van der Waals surface area (Å²) in [6.45, 7) is 5.86. The van der Waals surface area contributed by atoms with Crippen molar-refractivity contribution in [1.82, 2.24) is 19.7 Å². The number of nitrogens with two attached hydrogens (primary N) is 1. The average molecular weight is 232 g/mol. The van der Waals surface area contributed by atoms with E-state index in [1.807, 2.05) is 33.0 Å². The molecule has 6 nitrogen and oxygen atoms in total. The van der Waals surface area contributed by atoms with Crippen molar-refractivity contribution >= 4 is 5.82 Å². The van der Waals surface area contributed by atoms with Gasteiger partial charge in [-0.1, -0.05) is 6.92 Å². The molecule has 0 bridgehead atoms. The van der Waals surface area contributed by atoms with Crippen LogP contribution in [0.1, 0.15) is 24.0 Å². The molecule has 17 heavy (non-hydrogen) atoms. The molecule has 0 radical (unpaired) electrons. The topological polar surface area (TPSA) is 81.6 Å². The van der Waals surface area contributed by atoms with Gasteiger partial charge in [-0.05, 0) is 19.9 Å². The minimum atomic E-state index is 0.639. The van der Waals surface area contributed by atoms with Crippen molar-refractivity contribution in [3.05, 3.63) is 29.3 Å². The van der Waals surface area contributed by atoms with Crippen molar-refractivity contribution in [2.75, 3.05) is 5.43 Å². The molecule has 0 fully saturated rings. The zero-order valence-electron chi connectivity index (χ0n) is 10.2. The molecule has 2 rings (SSSR count). The Morgan fingerprint density at radius 2 is 2.12 bits per heavy atom. The van der Waals surface area contributed by atoms with E-state index in [-0.39, 0.29) is 0 Å². The molecule has 0 saturated carbocycles. The minimum Gasteiger partial charge on any atom is -0.308 e. The highest BCUT2D eigenvalue weighted by Gasteiger charge is 2.11. The summed E-state index contributed by atoms with van der Waals surface area (Å²) in [4.78, 5) is 8.79. The quantitative estimate of drug-likeness (QED) is 0.612. The predicted octanol–water partition coefficient (Wildman–Crippen LogP) is 1.13. The first kappa shape index (κ1) is 11.5. The molecule has 0 aliphatic rings. The normalized spacial score (nSPS) is 10.6. The zero-order chi connectivity index (χ0) is 12.4. The molecule has 0 aliphatic carbocycles. The highest BCUT2D eigenvalue weighted by molar-refractivity contribution is 5.50. The van der Waals surface area contributed by atoms with E-state index in [4.69, 9.17) is 5.84 Å². The lowest BCUT2D eigenvalue weighted by molar-refractivity contribution is 0.794. The van der Waals surface area contributed by atoms with Crippen LogP contribution in [0.3, 0.4) is 0 Å². The number of nitrogens with zero attached hydrogens (tertiary/aromatic N) is 4. The van der Waals surface area contributed by atoms with Crippen LogP contribution in [-0.2, 0) is 6.42 Å². The second-order valence-corrected chi connectivity index (χ2v) is 3.84. The molecule has 0 unspecified atom stereocenters. The summed E-state index contributed by atoms with van der Waals surface area (Å²) in [6, 6.07) is 1.93. The van der Waals surface area contributed by atoms with Gasteiger partial charge in [0.1, 0.15) is 11.6 Å². The Labute approximate surface area is 99.9 Å². The van der Waals surface area contributed by atoms with Crippen LogP contribution in [-0.4, -0.2) is 19.7 Å². The molecular weight excluding hydrogens is 216 g/mol. The SMILES string of the molecule is CCc1nc(NN)c(C)c(-n2ccc(C)n2)n1. The van der Waals surface area contributed by atoms with Crippen LogP contribution >= 0.6 is 0 Å². The van der Waals surface area contributed by atoms with E-state index in [0.717, 1.165) is 29.3 Å². The van der Waals surface area contributed by atoms with Gasteiger partial charge in [-0.2, -0.15) is 5.10 Å². The number of anilines is 1. The summed E-state index contributed by atoms with van der Waals surface area (Å²) >= 11 is 0. The number of hydrazine groups is 1. The smallest absolute Gasteiger partial charge is 0.162 e. The summed E-state index contributed by atoms with van der Waals surface area (Å²) in [6.07, 6.45) is 2.63. The van der Waals surface area contributed by atoms with Gasteiger partial charge in [0.05, 0.1) is 5.69 Å². The van der Waals surface area contributed by atoms with E-state index in [1.165, 1.54) is 0 Å². The van der Waals surface area contributed by atoms with E-state index in [0.29, 0.717) is 5.82 Å². The Bertz CT molecular complexity index is 531. The van der Waals surface area contributed by atoms with Gasteiger partial charge in [-0.3, -0.25) is 0 Å². The standard InChI is InChI=1S/C11H16N6/c1-4-9-13-10(15-12)8(3)11(14-9)17-6-5-7(2)16-17/h5-6H,4,12H2,1-3H3,(H,13,14,15). The van der Waals surface area contributed by atoms with Gasteiger partial charge in [0.15, 0.2) is 5.82 Å². The number of hydrogen-bond donors (Lipinski definition) is 2. The van der Waals surface area contributed by atoms with Crippen molar-refractivity contribution < 1.29 is 0 Å². The number of nitrogens with one attached hydrogen (secondary N) is 1. The predicted molar refractivity (Wildman–Crippen MR) is 65.8 cm³/mol. The van der Waals surface area contributed by atoms with Gasteiger partial charge in [-0.15, -0.1) is 0 Å². The van der Waals surface area contributed by atoms with Crippen LogP contribution in [0.5, 0.6) is 0 Å². The Morgan fingerprint density at radius 1 is 1.35 bits per heavy atom. The molecular formula is C11H16N6. The average Bonchev–Trinajstić information content (AvgIpc) is 2.76. The van der Waals surface area contributed by atoms with Gasteiger partial charge in [0, 0.05) is 18.2 Å². The van der Waals surface area contributed by atoms with E-state index in [9.17, 15) is 0 Å². The van der Waals surface area contributed by atoms with Crippen molar-refractivity contribution in [3.63, 3.8) is 0 Å². The van der Waals surface area contributed by atoms with Gasteiger partial charge in [-0.25, -0.2) is 20.5 Å². The van der Waals surface area contributed by atoms with Crippen molar-refractivity contribution in [3.8, 4) is 5.82 Å². The Hall–Kier alpha value is -1.95. The lowest BCUT2D eigenvalue weighted by Crippen LogP contribution is -2.15. The molecule has 0 aliphatic heterocycles. The second-order valence-electron chi connectivity index (χ2n) is 3.84. The third-order valence-electron chi connectivity index (χ3n) is 2.56. The van der Waals surface area contributed by atoms with Crippen molar-refractivity contribution in [2.45, 2.75) is 27.2 Å². The van der Waals surface area contributed by atoms with Gasteiger partial charge in [0.25, 0.3) is 0 Å². The van der Waals surface area contributed by atoms with Gasteiger partial charge in [0.2, 0.25) is 0 Å². The zero-order valence-corrected chi connectivity index (χ0v) is 10.2. The largest absolute Gasteiger partial charge is 0.308 e.